The molecule has 40 heavy (non-hydrogen) atoms. The number of carbonyl (C=O) groups excluding carboxylic acids is 1. The Morgan fingerprint density at radius 2 is 1.68 bits per heavy atom. The number of nitriles is 1. The zero-order valence-corrected chi connectivity index (χ0v) is 24.0. The number of carbonyl (C=O) groups is 1. The number of nitrogens with zero attached hydrogens (tertiary/aromatic N) is 1. The van der Waals surface area contributed by atoms with Crippen LogP contribution >= 0.6 is 27.5 Å². The minimum Gasteiger partial charge on any atom is -0.490 e. The molecule has 1 amide bonds. The minimum atomic E-state index is -0.527. The smallest absolute Gasteiger partial charge is 0.266 e. The number of hydrogen-bond donors (Lipinski definition) is 1. The molecule has 4 aromatic rings. The van der Waals surface area contributed by atoms with Crippen LogP contribution in [-0.2, 0) is 18.0 Å². The summed E-state index contributed by atoms with van der Waals surface area (Å²) in [6, 6.07) is 29.5. The fourth-order valence-corrected chi connectivity index (χ4v) is 4.12. The summed E-state index contributed by atoms with van der Waals surface area (Å²) in [5.74, 6) is 1.20. The second-order valence-corrected chi connectivity index (χ2v) is 9.91. The van der Waals surface area contributed by atoms with Crippen molar-refractivity contribution >= 4 is 45.2 Å². The van der Waals surface area contributed by atoms with E-state index in [4.69, 9.17) is 25.8 Å². The zero-order valence-electron chi connectivity index (χ0n) is 21.7. The summed E-state index contributed by atoms with van der Waals surface area (Å²) in [6.07, 6.45) is 1.51. The Hall–Kier alpha value is -4.25. The normalized spacial score (nSPS) is 10.9. The van der Waals surface area contributed by atoms with E-state index in [1.165, 1.54) is 6.08 Å². The van der Waals surface area contributed by atoms with Gasteiger partial charge in [-0.2, -0.15) is 5.26 Å². The Labute approximate surface area is 246 Å². The number of benzene rings is 4. The maximum Gasteiger partial charge on any atom is 0.266 e. The molecule has 0 saturated carbocycles. The van der Waals surface area contributed by atoms with Gasteiger partial charge < -0.3 is 19.5 Å². The topological polar surface area (TPSA) is 80.6 Å². The molecule has 0 radical (unpaired) electrons. The van der Waals surface area contributed by atoms with Crippen LogP contribution in [0.3, 0.4) is 0 Å². The van der Waals surface area contributed by atoms with Gasteiger partial charge in [0, 0.05) is 20.7 Å². The largest absolute Gasteiger partial charge is 0.490 e. The molecule has 0 saturated heterocycles. The van der Waals surface area contributed by atoms with E-state index in [9.17, 15) is 10.1 Å². The van der Waals surface area contributed by atoms with Crippen molar-refractivity contribution in [1.82, 2.24) is 0 Å². The number of anilines is 1. The Balaban J connectivity index is 1.40. The highest BCUT2D eigenvalue weighted by Crippen LogP contribution is 2.30. The van der Waals surface area contributed by atoms with E-state index >= 15 is 0 Å². The number of amides is 1. The molecule has 0 heterocycles. The molecule has 0 spiro atoms. The van der Waals surface area contributed by atoms with Crippen molar-refractivity contribution < 1.29 is 19.0 Å². The molecule has 8 heteroatoms. The van der Waals surface area contributed by atoms with Gasteiger partial charge in [-0.05, 0) is 78.7 Å². The minimum absolute atomic E-state index is 0.0509. The molecule has 1 N–H and O–H groups in total. The van der Waals surface area contributed by atoms with E-state index < -0.39 is 5.91 Å². The van der Waals surface area contributed by atoms with Gasteiger partial charge in [-0.25, -0.2) is 0 Å². The lowest BCUT2D eigenvalue weighted by Crippen LogP contribution is -2.13. The molecule has 0 bridgehead atoms. The lowest BCUT2D eigenvalue weighted by Gasteiger charge is -2.13. The first-order chi connectivity index (χ1) is 19.4. The van der Waals surface area contributed by atoms with Crippen LogP contribution in [0.5, 0.6) is 17.2 Å². The van der Waals surface area contributed by atoms with Crippen LogP contribution in [0, 0.1) is 11.3 Å². The van der Waals surface area contributed by atoms with Crippen molar-refractivity contribution in [2.45, 2.75) is 20.1 Å². The zero-order chi connectivity index (χ0) is 28.3. The molecule has 202 valence electrons. The standard InChI is InChI=1S/C32H26BrClN2O4/c1-2-38-31-18-23(9-16-30(31)40-20-22-7-10-26(33)11-8-22)17-25(19-35)32(37)36-27-12-14-28(15-13-27)39-21-24-5-3-4-6-29(24)34/h3-18H,2,20-21H2,1H3,(H,36,37)/b25-17+. The van der Waals surface area contributed by atoms with E-state index in [2.05, 4.69) is 21.2 Å². The van der Waals surface area contributed by atoms with Gasteiger partial charge in [-0.15, -0.1) is 0 Å². The summed E-state index contributed by atoms with van der Waals surface area (Å²) in [5, 5.41) is 13.1. The summed E-state index contributed by atoms with van der Waals surface area (Å²) in [6.45, 7) is 3.01. The van der Waals surface area contributed by atoms with E-state index in [1.807, 2.05) is 61.5 Å². The Morgan fingerprint density at radius 3 is 2.38 bits per heavy atom. The Morgan fingerprint density at radius 1 is 0.925 bits per heavy atom. The molecule has 0 aromatic heterocycles. The molecule has 4 aromatic carbocycles. The van der Waals surface area contributed by atoms with Gasteiger partial charge in [0.2, 0.25) is 0 Å². The molecule has 0 aliphatic heterocycles. The molecule has 0 fully saturated rings. The summed E-state index contributed by atoms with van der Waals surface area (Å²) in [7, 11) is 0. The van der Waals surface area contributed by atoms with Crippen molar-refractivity contribution in [2.24, 2.45) is 0 Å². The first kappa shape index (κ1) is 28.8. The quantitative estimate of drug-likeness (QED) is 0.136. The van der Waals surface area contributed by atoms with Gasteiger partial charge in [0.1, 0.15) is 30.6 Å². The monoisotopic (exact) mass is 616 g/mol. The highest BCUT2D eigenvalue weighted by Gasteiger charge is 2.12. The van der Waals surface area contributed by atoms with E-state index in [0.29, 0.717) is 53.3 Å². The number of hydrogen-bond acceptors (Lipinski definition) is 5. The first-order valence-corrected chi connectivity index (χ1v) is 13.7. The van der Waals surface area contributed by atoms with Crippen LogP contribution in [0.15, 0.2) is 101 Å². The summed E-state index contributed by atoms with van der Waals surface area (Å²) >= 11 is 9.60. The van der Waals surface area contributed by atoms with Gasteiger partial charge in [-0.3, -0.25) is 4.79 Å². The summed E-state index contributed by atoms with van der Waals surface area (Å²) in [5.41, 5.74) is 3.00. The average Bonchev–Trinajstić information content (AvgIpc) is 2.97. The van der Waals surface area contributed by atoms with Crippen molar-refractivity contribution in [3.05, 3.63) is 123 Å². The molecule has 0 aliphatic rings. The molecule has 0 unspecified atom stereocenters. The average molecular weight is 618 g/mol. The van der Waals surface area contributed by atoms with Crippen molar-refractivity contribution in [3.63, 3.8) is 0 Å². The third kappa shape index (κ3) is 8.12. The van der Waals surface area contributed by atoms with Crippen LogP contribution in [0.4, 0.5) is 5.69 Å². The van der Waals surface area contributed by atoms with Gasteiger partial charge in [0.15, 0.2) is 11.5 Å². The van der Waals surface area contributed by atoms with Gasteiger partial charge >= 0.3 is 0 Å². The molecule has 4 rings (SSSR count). The third-order valence-corrected chi connectivity index (χ3v) is 6.61. The number of nitrogens with one attached hydrogen (secondary N) is 1. The Bertz CT molecular complexity index is 1530. The Kier molecular flexibility index (Phi) is 10.2. The van der Waals surface area contributed by atoms with Crippen LogP contribution in [-0.4, -0.2) is 12.5 Å². The number of halogens is 2. The predicted molar refractivity (Wildman–Crippen MR) is 161 cm³/mol. The first-order valence-electron chi connectivity index (χ1n) is 12.5. The van der Waals surface area contributed by atoms with Crippen LogP contribution < -0.4 is 19.5 Å². The van der Waals surface area contributed by atoms with Crippen LogP contribution in [0.25, 0.3) is 6.08 Å². The van der Waals surface area contributed by atoms with Crippen molar-refractivity contribution in [3.8, 4) is 23.3 Å². The SMILES string of the molecule is CCOc1cc(/C=C(\C#N)C(=O)Nc2ccc(OCc3ccccc3Cl)cc2)ccc1OCc1ccc(Br)cc1. The molecule has 0 aliphatic carbocycles. The maximum atomic E-state index is 12.8. The number of rotatable bonds is 11. The summed E-state index contributed by atoms with van der Waals surface area (Å²) in [4.78, 5) is 12.8. The highest BCUT2D eigenvalue weighted by molar-refractivity contribution is 9.10. The number of ether oxygens (including phenoxy) is 3. The molecule has 6 nitrogen and oxygen atoms in total. The van der Waals surface area contributed by atoms with Crippen molar-refractivity contribution in [2.75, 3.05) is 11.9 Å². The van der Waals surface area contributed by atoms with Gasteiger partial charge in [0.05, 0.1) is 6.61 Å². The van der Waals surface area contributed by atoms with Crippen LogP contribution in [0.2, 0.25) is 5.02 Å². The second-order valence-electron chi connectivity index (χ2n) is 8.58. The lowest BCUT2D eigenvalue weighted by atomic mass is 10.1. The van der Waals surface area contributed by atoms with Gasteiger partial charge in [-0.1, -0.05) is 63.9 Å². The van der Waals surface area contributed by atoms with E-state index in [-0.39, 0.29) is 5.57 Å². The predicted octanol–water partition coefficient (Wildman–Crippen LogP) is 8.20. The lowest BCUT2D eigenvalue weighted by molar-refractivity contribution is -0.112. The fourth-order valence-electron chi connectivity index (χ4n) is 3.67. The highest BCUT2D eigenvalue weighted by atomic mass is 79.9. The molecular formula is C32H26BrClN2O4. The third-order valence-electron chi connectivity index (χ3n) is 5.72. The van der Waals surface area contributed by atoms with E-state index in [1.54, 1.807) is 42.5 Å². The molecule has 0 atom stereocenters. The molecular weight excluding hydrogens is 592 g/mol. The van der Waals surface area contributed by atoms with E-state index in [0.717, 1.165) is 15.6 Å². The maximum absolute atomic E-state index is 12.8. The van der Waals surface area contributed by atoms with Crippen LogP contribution in [0.1, 0.15) is 23.6 Å². The fraction of sp³-hybridized carbons (Fsp3) is 0.125. The van der Waals surface area contributed by atoms with Gasteiger partial charge in [0.25, 0.3) is 5.91 Å². The second kappa shape index (κ2) is 14.2. The summed E-state index contributed by atoms with van der Waals surface area (Å²) < 4.78 is 18.5. The van der Waals surface area contributed by atoms with Crippen molar-refractivity contribution in [1.29, 1.82) is 5.26 Å².